The van der Waals surface area contributed by atoms with E-state index in [-0.39, 0.29) is 17.5 Å². The number of carbonyl (C=O) groups is 2. The van der Waals surface area contributed by atoms with Gasteiger partial charge in [0.2, 0.25) is 0 Å². The molecule has 1 amide bonds. The van der Waals surface area contributed by atoms with E-state index in [1.807, 2.05) is 30.3 Å². The topological polar surface area (TPSA) is 80.8 Å². The summed E-state index contributed by atoms with van der Waals surface area (Å²) in [6, 6.07) is 8.89. The number of amides is 1. The molecule has 124 valence electrons. The third-order valence-corrected chi connectivity index (χ3v) is 5.45. The molecule has 0 aromatic heterocycles. The molecule has 1 aromatic rings. The summed E-state index contributed by atoms with van der Waals surface area (Å²) in [6.07, 6.45) is 3.27. The van der Waals surface area contributed by atoms with Crippen LogP contribution >= 0.6 is 0 Å². The third kappa shape index (κ3) is 5.21. The van der Waals surface area contributed by atoms with Crippen LogP contribution in [-0.4, -0.2) is 56.4 Å². The van der Waals surface area contributed by atoms with Crippen molar-refractivity contribution in [1.82, 2.24) is 4.90 Å². The Hall–Kier alpha value is -2.15. The molecule has 7 heteroatoms. The number of esters is 1. The number of ether oxygens (including phenoxy) is 1. The predicted molar refractivity (Wildman–Crippen MR) is 86.3 cm³/mol. The van der Waals surface area contributed by atoms with Crippen LogP contribution in [-0.2, 0) is 24.2 Å². The minimum absolute atomic E-state index is 0.0307. The van der Waals surface area contributed by atoms with E-state index in [1.165, 1.54) is 18.0 Å². The third-order valence-electron chi connectivity index (χ3n) is 3.70. The fraction of sp³-hybridized carbons (Fsp3) is 0.375. The van der Waals surface area contributed by atoms with Gasteiger partial charge in [-0.1, -0.05) is 30.3 Å². The molecule has 0 saturated carbocycles. The summed E-state index contributed by atoms with van der Waals surface area (Å²) in [6.45, 7) is -0.398. The van der Waals surface area contributed by atoms with Crippen molar-refractivity contribution in [3.63, 3.8) is 0 Å². The van der Waals surface area contributed by atoms with Gasteiger partial charge >= 0.3 is 5.97 Å². The quantitative estimate of drug-likeness (QED) is 0.589. The summed E-state index contributed by atoms with van der Waals surface area (Å²) >= 11 is 0. The van der Waals surface area contributed by atoms with Gasteiger partial charge in [0.25, 0.3) is 5.91 Å². The zero-order chi connectivity index (χ0) is 16.9. The molecule has 1 heterocycles. The van der Waals surface area contributed by atoms with E-state index >= 15 is 0 Å². The Morgan fingerprint density at radius 1 is 1.30 bits per heavy atom. The maximum Gasteiger partial charge on any atom is 0.331 e. The molecule has 23 heavy (non-hydrogen) atoms. The zero-order valence-corrected chi connectivity index (χ0v) is 13.7. The highest BCUT2D eigenvalue weighted by Crippen LogP contribution is 2.16. The maximum atomic E-state index is 11.9. The van der Waals surface area contributed by atoms with Gasteiger partial charge < -0.3 is 9.64 Å². The van der Waals surface area contributed by atoms with E-state index < -0.39 is 28.3 Å². The van der Waals surface area contributed by atoms with Gasteiger partial charge in [0.05, 0.1) is 11.5 Å². The average Bonchev–Trinajstić information content (AvgIpc) is 2.90. The van der Waals surface area contributed by atoms with Crippen LogP contribution in [0.1, 0.15) is 12.0 Å². The SMILES string of the molecule is CN(C(=O)COC(=O)/C=C/c1ccccc1)[C@@H]1CCS(=O)(=O)C1. The van der Waals surface area contributed by atoms with Crippen LogP contribution < -0.4 is 0 Å². The molecule has 2 rings (SSSR count). The average molecular weight is 337 g/mol. The second-order valence-electron chi connectivity index (χ2n) is 5.41. The largest absolute Gasteiger partial charge is 0.452 e. The molecule has 1 aliphatic heterocycles. The lowest BCUT2D eigenvalue weighted by Gasteiger charge is -2.22. The van der Waals surface area contributed by atoms with Crippen LogP contribution in [0.3, 0.4) is 0 Å². The summed E-state index contributed by atoms with van der Waals surface area (Å²) in [5.41, 5.74) is 0.851. The van der Waals surface area contributed by atoms with Gasteiger partial charge in [-0.2, -0.15) is 0 Å². The van der Waals surface area contributed by atoms with Crippen LogP contribution in [0, 0.1) is 0 Å². The van der Waals surface area contributed by atoms with Crippen molar-refractivity contribution in [2.45, 2.75) is 12.5 Å². The van der Waals surface area contributed by atoms with Crippen molar-refractivity contribution in [2.24, 2.45) is 0 Å². The molecule has 0 spiro atoms. The molecule has 1 saturated heterocycles. The zero-order valence-electron chi connectivity index (χ0n) is 12.8. The summed E-state index contributed by atoms with van der Waals surface area (Å²) in [7, 11) is -1.53. The highest BCUT2D eigenvalue weighted by atomic mass is 32.2. The smallest absolute Gasteiger partial charge is 0.331 e. The van der Waals surface area contributed by atoms with Crippen LogP contribution in [0.25, 0.3) is 6.08 Å². The van der Waals surface area contributed by atoms with Crippen LogP contribution in [0.4, 0.5) is 0 Å². The lowest BCUT2D eigenvalue weighted by Crippen LogP contribution is -2.40. The van der Waals surface area contributed by atoms with E-state index in [4.69, 9.17) is 4.74 Å². The Morgan fingerprint density at radius 3 is 2.61 bits per heavy atom. The van der Waals surface area contributed by atoms with Gasteiger partial charge in [-0.15, -0.1) is 0 Å². The fourth-order valence-corrected chi connectivity index (χ4v) is 4.07. The normalized spacial score (nSPS) is 19.6. The monoisotopic (exact) mass is 337 g/mol. The van der Waals surface area contributed by atoms with Gasteiger partial charge in [-0.3, -0.25) is 4.79 Å². The molecule has 1 fully saturated rings. The van der Waals surface area contributed by atoms with Crippen molar-refractivity contribution in [3.8, 4) is 0 Å². The minimum Gasteiger partial charge on any atom is -0.452 e. The summed E-state index contributed by atoms with van der Waals surface area (Å²) in [5, 5.41) is 0. The number of sulfone groups is 1. The van der Waals surface area contributed by atoms with E-state index in [1.54, 1.807) is 6.08 Å². The van der Waals surface area contributed by atoms with Gasteiger partial charge in [0.15, 0.2) is 16.4 Å². The number of nitrogens with zero attached hydrogens (tertiary/aromatic N) is 1. The first-order valence-electron chi connectivity index (χ1n) is 7.23. The molecular weight excluding hydrogens is 318 g/mol. The number of likely N-dealkylation sites (N-methyl/N-ethyl adjacent to an activating group) is 1. The summed E-state index contributed by atoms with van der Waals surface area (Å²) in [4.78, 5) is 24.9. The van der Waals surface area contributed by atoms with Crippen molar-refractivity contribution in [3.05, 3.63) is 42.0 Å². The van der Waals surface area contributed by atoms with E-state index in [0.29, 0.717) is 6.42 Å². The summed E-state index contributed by atoms with van der Waals surface area (Å²) in [5.74, 6) is -0.963. The van der Waals surface area contributed by atoms with Crippen LogP contribution in [0.15, 0.2) is 36.4 Å². The molecule has 1 atom stereocenters. The Bertz CT molecular complexity index is 696. The second-order valence-corrected chi connectivity index (χ2v) is 7.64. The lowest BCUT2D eigenvalue weighted by atomic mass is 10.2. The Labute approximate surface area is 135 Å². The Morgan fingerprint density at radius 2 is 2.00 bits per heavy atom. The standard InChI is InChI=1S/C16H19NO5S/c1-17(14-9-10-23(20,21)12-14)15(18)11-22-16(19)8-7-13-5-3-2-4-6-13/h2-8,14H,9-12H2,1H3/b8-7+/t14-/m1/s1. The highest BCUT2D eigenvalue weighted by molar-refractivity contribution is 7.91. The van der Waals surface area contributed by atoms with Crippen LogP contribution in [0.2, 0.25) is 0 Å². The van der Waals surface area contributed by atoms with Crippen molar-refractivity contribution in [1.29, 1.82) is 0 Å². The van der Waals surface area contributed by atoms with Gasteiger partial charge in [-0.05, 0) is 18.1 Å². The second kappa shape index (κ2) is 7.41. The van der Waals surface area contributed by atoms with Crippen LogP contribution in [0.5, 0.6) is 0 Å². The maximum absolute atomic E-state index is 11.9. The molecule has 1 aromatic carbocycles. The number of carbonyl (C=O) groups excluding carboxylic acids is 2. The molecule has 0 N–H and O–H groups in total. The first-order chi connectivity index (χ1) is 10.9. The molecule has 1 aliphatic rings. The highest BCUT2D eigenvalue weighted by Gasteiger charge is 2.32. The molecule has 0 unspecified atom stereocenters. The first kappa shape index (κ1) is 17.2. The molecule has 0 aliphatic carbocycles. The van der Waals surface area contributed by atoms with Crippen molar-refractivity contribution >= 4 is 27.8 Å². The summed E-state index contributed by atoms with van der Waals surface area (Å²) < 4.78 is 27.7. The van der Waals surface area contributed by atoms with E-state index in [2.05, 4.69) is 0 Å². The van der Waals surface area contributed by atoms with Crippen molar-refractivity contribution in [2.75, 3.05) is 25.2 Å². The van der Waals surface area contributed by atoms with Crippen molar-refractivity contribution < 1.29 is 22.7 Å². The predicted octanol–water partition coefficient (Wildman–Crippen LogP) is 0.889. The molecular formula is C16H19NO5S. The first-order valence-corrected chi connectivity index (χ1v) is 9.05. The number of rotatable bonds is 5. The molecule has 0 radical (unpaired) electrons. The van der Waals surface area contributed by atoms with Gasteiger partial charge in [0.1, 0.15) is 0 Å². The lowest BCUT2D eigenvalue weighted by molar-refractivity contribution is -0.148. The van der Waals surface area contributed by atoms with Gasteiger partial charge in [-0.25, -0.2) is 13.2 Å². The minimum atomic E-state index is -3.06. The van der Waals surface area contributed by atoms with E-state index in [0.717, 1.165) is 5.56 Å². The number of hydrogen-bond donors (Lipinski definition) is 0. The molecule has 0 bridgehead atoms. The van der Waals surface area contributed by atoms with Gasteiger partial charge in [0, 0.05) is 19.2 Å². The Balaban J connectivity index is 1.80. The Kier molecular flexibility index (Phi) is 5.54. The number of benzene rings is 1. The fourth-order valence-electron chi connectivity index (χ4n) is 2.30. The molecule has 6 nitrogen and oxygen atoms in total. The van der Waals surface area contributed by atoms with E-state index in [9.17, 15) is 18.0 Å². The number of hydrogen-bond acceptors (Lipinski definition) is 5.